The van der Waals surface area contributed by atoms with Crippen molar-refractivity contribution in [3.8, 4) is 0 Å². The van der Waals surface area contributed by atoms with Crippen LogP contribution in [0, 0.1) is 0 Å². The molecule has 0 aliphatic heterocycles. The fourth-order valence-corrected chi connectivity index (χ4v) is 3.01. The van der Waals surface area contributed by atoms with Crippen molar-refractivity contribution in [2.24, 2.45) is 0 Å². The molecule has 0 amide bonds. The van der Waals surface area contributed by atoms with E-state index in [-0.39, 0.29) is 4.83 Å². The predicted molar refractivity (Wildman–Crippen MR) is 88.7 cm³/mol. The quantitative estimate of drug-likeness (QED) is 0.463. The second kappa shape index (κ2) is 6.56. The summed E-state index contributed by atoms with van der Waals surface area (Å²) in [4.78, 5) is 0.268. The average Bonchev–Trinajstić information content (AvgIpc) is 2.35. The van der Waals surface area contributed by atoms with Crippen LogP contribution in [0.3, 0.4) is 0 Å². The molecule has 4 heteroatoms. The van der Waals surface area contributed by atoms with Crippen molar-refractivity contribution in [3.63, 3.8) is 0 Å². The van der Waals surface area contributed by atoms with Crippen LogP contribution in [0.5, 0.6) is 0 Å². The number of hydrogen-bond donors (Lipinski definition) is 0. The van der Waals surface area contributed by atoms with E-state index in [0.717, 1.165) is 20.4 Å². The van der Waals surface area contributed by atoms with Crippen LogP contribution in [0.15, 0.2) is 51.4 Å². The smallest absolute Gasteiger partial charge is 0.0551 e. The molecule has 18 heavy (non-hydrogen) atoms. The van der Waals surface area contributed by atoms with E-state index in [9.17, 15) is 0 Å². The van der Waals surface area contributed by atoms with Crippen molar-refractivity contribution in [1.29, 1.82) is 0 Å². The molecule has 0 fully saturated rings. The first-order valence-electron chi connectivity index (χ1n) is 5.40. The van der Waals surface area contributed by atoms with Gasteiger partial charge in [0, 0.05) is 13.8 Å². The normalized spacial score (nSPS) is 12.4. The molecule has 0 nitrogen and oxygen atoms in total. The third-order valence-electron chi connectivity index (χ3n) is 2.63. The molecule has 1 atom stereocenters. The Morgan fingerprint density at radius 2 is 1.67 bits per heavy atom. The lowest BCUT2D eigenvalue weighted by Crippen LogP contribution is -1.95. The highest BCUT2D eigenvalue weighted by Gasteiger charge is 2.10. The topological polar surface area (TPSA) is 0 Å². The summed E-state index contributed by atoms with van der Waals surface area (Å²) in [7, 11) is 0. The van der Waals surface area contributed by atoms with Gasteiger partial charge in [0.15, 0.2) is 0 Å². The molecule has 0 aliphatic carbocycles. The molecule has 2 aromatic rings. The van der Waals surface area contributed by atoms with Gasteiger partial charge in [-0.25, -0.2) is 0 Å². The summed E-state index contributed by atoms with van der Waals surface area (Å²) >= 11 is 16.7. The van der Waals surface area contributed by atoms with E-state index in [1.54, 1.807) is 0 Å². The molecule has 2 aromatic carbocycles. The van der Waals surface area contributed by atoms with Gasteiger partial charge in [-0.05, 0) is 57.7 Å². The Bertz CT molecular complexity index is 537. The Morgan fingerprint density at radius 1 is 1.00 bits per heavy atom. The Kier molecular flexibility index (Phi) is 5.31. The number of alkyl halides is 1. The minimum Gasteiger partial charge on any atom is -0.0835 e. The summed E-state index contributed by atoms with van der Waals surface area (Å²) in [6.45, 7) is 0. The third-order valence-corrected chi connectivity index (χ3v) is 5.25. The Labute approximate surface area is 137 Å². The molecular weight excluding hydrogens is 443 g/mol. The van der Waals surface area contributed by atoms with Crippen molar-refractivity contribution < 1.29 is 0 Å². The first-order chi connectivity index (χ1) is 8.56. The van der Waals surface area contributed by atoms with Gasteiger partial charge in [-0.15, -0.1) is 0 Å². The van der Waals surface area contributed by atoms with Gasteiger partial charge in [0.05, 0.1) is 5.02 Å². The maximum atomic E-state index is 6.11. The third kappa shape index (κ3) is 3.83. The van der Waals surface area contributed by atoms with Crippen LogP contribution in [0.2, 0.25) is 5.02 Å². The summed E-state index contributed by atoms with van der Waals surface area (Å²) in [6, 6.07) is 14.4. The van der Waals surface area contributed by atoms with Crippen LogP contribution in [-0.4, -0.2) is 0 Å². The summed E-state index contributed by atoms with van der Waals surface area (Å²) in [5.41, 5.74) is 2.48. The van der Waals surface area contributed by atoms with E-state index in [1.807, 2.05) is 12.1 Å². The molecule has 0 spiro atoms. The maximum absolute atomic E-state index is 6.11. The van der Waals surface area contributed by atoms with Gasteiger partial charge in [0.1, 0.15) is 0 Å². The number of rotatable bonds is 3. The molecule has 2 rings (SSSR count). The van der Waals surface area contributed by atoms with Crippen LogP contribution in [0.25, 0.3) is 0 Å². The second-order valence-corrected chi connectivity index (χ2v) is 7.25. The van der Waals surface area contributed by atoms with E-state index in [2.05, 4.69) is 78.1 Å². The summed E-state index contributed by atoms with van der Waals surface area (Å²) in [5.74, 6) is 0. The molecule has 1 unspecified atom stereocenters. The van der Waals surface area contributed by atoms with E-state index >= 15 is 0 Å². The highest BCUT2D eigenvalue weighted by Crippen LogP contribution is 2.32. The summed E-state index contributed by atoms with van der Waals surface area (Å²) in [6.07, 6.45) is 0.936. The highest BCUT2D eigenvalue weighted by molar-refractivity contribution is 9.11. The Morgan fingerprint density at radius 3 is 2.28 bits per heavy atom. The molecule has 94 valence electrons. The average molecular weight is 453 g/mol. The molecule has 0 N–H and O–H groups in total. The zero-order chi connectivity index (χ0) is 13.1. The van der Waals surface area contributed by atoms with Crippen molar-refractivity contribution in [1.82, 2.24) is 0 Å². The van der Waals surface area contributed by atoms with Crippen molar-refractivity contribution in [2.45, 2.75) is 11.2 Å². The first-order valence-corrected chi connectivity index (χ1v) is 8.27. The molecule has 0 radical (unpaired) electrons. The molecule has 0 saturated heterocycles. The fraction of sp³-hybridized carbons (Fsp3) is 0.143. The maximum Gasteiger partial charge on any atom is 0.0551 e. The highest BCUT2D eigenvalue weighted by atomic mass is 79.9. The minimum atomic E-state index is 0.268. The van der Waals surface area contributed by atoms with E-state index in [0.29, 0.717) is 0 Å². The zero-order valence-electron chi connectivity index (χ0n) is 9.34. The molecule has 0 aromatic heterocycles. The van der Waals surface area contributed by atoms with Gasteiger partial charge in [-0.3, -0.25) is 0 Å². The lowest BCUT2D eigenvalue weighted by molar-refractivity contribution is 0.948. The number of halogens is 4. The molecular formula is C14H10Br3Cl. The number of hydrogen-bond acceptors (Lipinski definition) is 0. The zero-order valence-corrected chi connectivity index (χ0v) is 14.9. The minimum absolute atomic E-state index is 0.268. The van der Waals surface area contributed by atoms with Gasteiger partial charge in [-0.2, -0.15) is 0 Å². The molecule has 0 bridgehead atoms. The summed E-state index contributed by atoms with van der Waals surface area (Å²) < 4.78 is 2.03. The lowest BCUT2D eigenvalue weighted by atomic mass is 10.0. The van der Waals surface area contributed by atoms with Gasteiger partial charge >= 0.3 is 0 Å². The van der Waals surface area contributed by atoms with Crippen LogP contribution < -0.4 is 0 Å². The van der Waals surface area contributed by atoms with Crippen LogP contribution in [0.1, 0.15) is 16.0 Å². The van der Waals surface area contributed by atoms with Gasteiger partial charge in [0.2, 0.25) is 0 Å². The van der Waals surface area contributed by atoms with Crippen molar-refractivity contribution in [2.75, 3.05) is 0 Å². The standard InChI is InChI=1S/C14H10Br3Cl/c15-11-4-1-9(2-5-11)7-13(17)10-3-6-12(16)14(18)8-10/h1-6,8,13H,7H2. The Balaban J connectivity index is 2.13. The largest absolute Gasteiger partial charge is 0.0835 e. The molecule has 0 saturated carbocycles. The SMILES string of the molecule is Clc1cc(C(Br)Cc2ccc(Br)cc2)ccc1Br. The predicted octanol–water partition coefficient (Wildman–Crippen LogP) is 6.54. The summed E-state index contributed by atoms with van der Waals surface area (Å²) in [5, 5.41) is 0.743. The van der Waals surface area contributed by atoms with E-state index in [1.165, 1.54) is 11.1 Å². The first kappa shape index (κ1) is 14.6. The van der Waals surface area contributed by atoms with Gasteiger partial charge in [-0.1, -0.05) is 61.7 Å². The van der Waals surface area contributed by atoms with Crippen molar-refractivity contribution >= 4 is 59.4 Å². The molecule has 0 aliphatic rings. The van der Waals surface area contributed by atoms with Crippen LogP contribution in [0.4, 0.5) is 0 Å². The van der Waals surface area contributed by atoms with Crippen LogP contribution >= 0.6 is 59.4 Å². The van der Waals surface area contributed by atoms with Gasteiger partial charge < -0.3 is 0 Å². The van der Waals surface area contributed by atoms with Crippen LogP contribution in [-0.2, 0) is 6.42 Å². The number of benzene rings is 2. The fourth-order valence-electron chi connectivity index (χ4n) is 1.65. The van der Waals surface area contributed by atoms with E-state index in [4.69, 9.17) is 11.6 Å². The van der Waals surface area contributed by atoms with Gasteiger partial charge in [0.25, 0.3) is 0 Å². The Hall–Kier alpha value is 0.170. The molecule has 0 heterocycles. The monoisotopic (exact) mass is 450 g/mol. The van der Waals surface area contributed by atoms with E-state index < -0.39 is 0 Å². The van der Waals surface area contributed by atoms with Crippen molar-refractivity contribution in [3.05, 3.63) is 67.6 Å². The lowest BCUT2D eigenvalue weighted by Gasteiger charge is -2.11. The second-order valence-electron chi connectivity index (χ2n) is 3.97.